The van der Waals surface area contributed by atoms with E-state index >= 15 is 0 Å². The van der Waals surface area contributed by atoms with Gasteiger partial charge in [-0.3, -0.25) is 4.79 Å². The molecule has 3 nitrogen and oxygen atoms in total. The number of benzene rings is 2. The number of nitrogens with one attached hydrogen (secondary N) is 1. The Labute approximate surface area is 102 Å². The second-order valence-electron chi connectivity index (χ2n) is 3.66. The van der Waals surface area contributed by atoms with Crippen molar-refractivity contribution < 1.29 is 18.7 Å². The SMILES string of the molecule is O=C(Nc1cccc(O)c1)c1cc(F)cc(F)c1. The zero-order valence-electron chi connectivity index (χ0n) is 9.15. The lowest BCUT2D eigenvalue weighted by Gasteiger charge is -2.05. The molecule has 0 aromatic heterocycles. The molecule has 0 atom stereocenters. The van der Waals surface area contributed by atoms with Crippen molar-refractivity contribution in [1.82, 2.24) is 0 Å². The number of carbonyl (C=O) groups is 1. The van der Waals surface area contributed by atoms with E-state index in [1.54, 1.807) is 6.07 Å². The van der Waals surface area contributed by atoms with Crippen LogP contribution in [0.5, 0.6) is 5.75 Å². The number of phenols is 1. The third-order valence-corrected chi connectivity index (χ3v) is 2.23. The predicted octanol–water partition coefficient (Wildman–Crippen LogP) is 2.92. The van der Waals surface area contributed by atoms with Gasteiger partial charge in [-0.05, 0) is 24.3 Å². The molecule has 2 N–H and O–H groups in total. The number of hydrogen-bond donors (Lipinski definition) is 2. The molecule has 2 aromatic carbocycles. The van der Waals surface area contributed by atoms with Crippen molar-refractivity contribution in [2.75, 3.05) is 5.32 Å². The highest BCUT2D eigenvalue weighted by Crippen LogP contribution is 2.17. The highest BCUT2D eigenvalue weighted by atomic mass is 19.1. The van der Waals surface area contributed by atoms with Gasteiger partial charge in [-0.25, -0.2) is 8.78 Å². The van der Waals surface area contributed by atoms with E-state index in [0.717, 1.165) is 12.1 Å². The predicted molar refractivity (Wildman–Crippen MR) is 62.4 cm³/mol. The summed E-state index contributed by atoms with van der Waals surface area (Å²) in [6.45, 7) is 0. The van der Waals surface area contributed by atoms with Crippen LogP contribution in [0, 0.1) is 11.6 Å². The Morgan fingerprint density at radius 2 is 1.72 bits per heavy atom. The molecule has 0 unspecified atom stereocenters. The number of aromatic hydroxyl groups is 1. The number of halogens is 2. The largest absolute Gasteiger partial charge is 0.508 e. The first kappa shape index (κ1) is 12.0. The number of phenolic OH excluding ortho intramolecular Hbond substituents is 1. The standard InChI is InChI=1S/C13H9F2NO2/c14-9-4-8(5-10(15)6-9)13(18)16-11-2-1-3-12(17)7-11/h1-7,17H,(H,16,18). The lowest BCUT2D eigenvalue weighted by Crippen LogP contribution is -2.12. The summed E-state index contributed by atoms with van der Waals surface area (Å²) in [5.41, 5.74) is 0.209. The van der Waals surface area contributed by atoms with Crippen molar-refractivity contribution >= 4 is 11.6 Å². The normalized spacial score (nSPS) is 10.1. The monoisotopic (exact) mass is 249 g/mol. The fourth-order valence-corrected chi connectivity index (χ4v) is 1.47. The fourth-order valence-electron chi connectivity index (χ4n) is 1.47. The zero-order chi connectivity index (χ0) is 13.1. The fraction of sp³-hybridized carbons (Fsp3) is 0. The molecule has 0 saturated carbocycles. The molecule has 0 aliphatic heterocycles. The minimum absolute atomic E-state index is 0.0155. The Kier molecular flexibility index (Phi) is 3.23. The van der Waals surface area contributed by atoms with Crippen molar-refractivity contribution in [3.8, 4) is 5.75 Å². The van der Waals surface area contributed by atoms with Crippen LogP contribution in [0.25, 0.3) is 0 Å². The molecule has 1 amide bonds. The van der Waals surface area contributed by atoms with Crippen molar-refractivity contribution in [3.05, 3.63) is 59.7 Å². The van der Waals surface area contributed by atoms with Gasteiger partial charge in [0, 0.05) is 23.4 Å². The van der Waals surface area contributed by atoms with Gasteiger partial charge in [0.25, 0.3) is 5.91 Å². The van der Waals surface area contributed by atoms with Crippen LogP contribution in [0.1, 0.15) is 10.4 Å². The van der Waals surface area contributed by atoms with Gasteiger partial charge in [0.1, 0.15) is 17.4 Å². The quantitative estimate of drug-likeness (QED) is 0.859. The third kappa shape index (κ3) is 2.82. The number of anilines is 1. The first-order chi connectivity index (χ1) is 8.54. The average Bonchev–Trinajstić information content (AvgIpc) is 2.27. The molecule has 0 aliphatic carbocycles. The maximum atomic E-state index is 12.9. The number of hydrogen-bond acceptors (Lipinski definition) is 2. The van der Waals surface area contributed by atoms with Gasteiger partial charge in [-0.2, -0.15) is 0 Å². The van der Waals surface area contributed by atoms with Crippen molar-refractivity contribution in [2.24, 2.45) is 0 Å². The van der Waals surface area contributed by atoms with E-state index in [4.69, 9.17) is 0 Å². The van der Waals surface area contributed by atoms with Crippen LogP contribution in [-0.2, 0) is 0 Å². The number of amides is 1. The first-order valence-electron chi connectivity index (χ1n) is 5.11. The van der Waals surface area contributed by atoms with Crippen LogP contribution in [0.3, 0.4) is 0 Å². The second-order valence-corrected chi connectivity index (χ2v) is 3.66. The Morgan fingerprint density at radius 1 is 1.06 bits per heavy atom. The summed E-state index contributed by atoms with van der Waals surface area (Å²) in [4.78, 5) is 11.7. The number of carbonyl (C=O) groups excluding carboxylic acids is 1. The molecule has 0 saturated heterocycles. The molecular formula is C13H9F2NO2. The molecule has 0 heterocycles. The van der Waals surface area contributed by atoms with Gasteiger partial charge in [-0.1, -0.05) is 6.07 Å². The maximum Gasteiger partial charge on any atom is 0.255 e. The van der Waals surface area contributed by atoms with Crippen LogP contribution >= 0.6 is 0 Å². The number of rotatable bonds is 2. The highest BCUT2D eigenvalue weighted by Gasteiger charge is 2.09. The van der Waals surface area contributed by atoms with Gasteiger partial charge in [-0.15, -0.1) is 0 Å². The van der Waals surface area contributed by atoms with Crippen LogP contribution in [0.2, 0.25) is 0 Å². The lowest BCUT2D eigenvalue weighted by molar-refractivity contribution is 0.102. The van der Waals surface area contributed by atoms with Gasteiger partial charge >= 0.3 is 0 Å². The molecule has 0 bridgehead atoms. The Bertz CT molecular complexity index is 579. The summed E-state index contributed by atoms with van der Waals surface area (Å²) in [5.74, 6) is -2.32. The summed E-state index contributed by atoms with van der Waals surface area (Å²) < 4.78 is 25.9. The van der Waals surface area contributed by atoms with Crippen molar-refractivity contribution in [3.63, 3.8) is 0 Å². The molecule has 0 fully saturated rings. The summed E-state index contributed by atoms with van der Waals surface area (Å²) in [6, 6.07) is 8.41. The molecule has 2 aromatic rings. The van der Waals surface area contributed by atoms with Gasteiger partial charge in [0.15, 0.2) is 0 Å². The molecular weight excluding hydrogens is 240 g/mol. The van der Waals surface area contributed by atoms with Gasteiger partial charge in [0.2, 0.25) is 0 Å². The van der Waals surface area contributed by atoms with Gasteiger partial charge in [0.05, 0.1) is 0 Å². The average molecular weight is 249 g/mol. The third-order valence-electron chi connectivity index (χ3n) is 2.23. The molecule has 5 heteroatoms. The van der Waals surface area contributed by atoms with E-state index in [9.17, 15) is 18.7 Å². The maximum absolute atomic E-state index is 12.9. The molecule has 0 spiro atoms. The lowest BCUT2D eigenvalue weighted by atomic mass is 10.2. The summed E-state index contributed by atoms with van der Waals surface area (Å²) in [5, 5.41) is 11.6. The van der Waals surface area contributed by atoms with Gasteiger partial charge < -0.3 is 10.4 Å². The summed E-state index contributed by atoms with van der Waals surface area (Å²) in [6.07, 6.45) is 0. The second kappa shape index (κ2) is 4.83. The van der Waals surface area contributed by atoms with E-state index < -0.39 is 17.5 Å². The van der Waals surface area contributed by atoms with Crippen molar-refractivity contribution in [1.29, 1.82) is 0 Å². The Morgan fingerprint density at radius 3 is 2.33 bits per heavy atom. The molecule has 18 heavy (non-hydrogen) atoms. The Hall–Kier alpha value is -2.43. The van der Waals surface area contributed by atoms with E-state index in [2.05, 4.69) is 5.32 Å². The van der Waals surface area contributed by atoms with Crippen LogP contribution < -0.4 is 5.32 Å². The van der Waals surface area contributed by atoms with E-state index in [0.29, 0.717) is 11.8 Å². The summed E-state index contributed by atoms with van der Waals surface area (Å²) >= 11 is 0. The topological polar surface area (TPSA) is 49.3 Å². The molecule has 0 aliphatic rings. The minimum atomic E-state index is -0.823. The Balaban J connectivity index is 2.22. The zero-order valence-corrected chi connectivity index (χ0v) is 9.15. The highest BCUT2D eigenvalue weighted by molar-refractivity contribution is 6.04. The van der Waals surface area contributed by atoms with E-state index in [1.807, 2.05) is 0 Å². The molecule has 92 valence electrons. The van der Waals surface area contributed by atoms with Crippen LogP contribution in [-0.4, -0.2) is 11.0 Å². The minimum Gasteiger partial charge on any atom is -0.508 e. The molecule has 0 radical (unpaired) electrons. The van der Waals surface area contributed by atoms with E-state index in [1.165, 1.54) is 18.2 Å². The molecule has 2 rings (SSSR count). The van der Waals surface area contributed by atoms with Crippen LogP contribution in [0.15, 0.2) is 42.5 Å². The first-order valence-corrected chi connectivity index (χ1v) is 5.11. The van der Waals surface area contributed by atoms with E-state index in [-0.39, 0.29) is 11.3 Å². The van der Waals surface area contributed by atoms with Crippen LogP contribution in [0.4, 0.5) is 14.5 Å². The van der Waals surface area contributed by atoms with Crippen molar-refractivity contribution in [2.45, 2.75) is 0 Å². The summed E-state index contributed by atoms with van der Waals surface area (Å²) in [7, 11) is 0. The smallest absolute Gasteiger partial charge is 0.255 e.